The number of rotatable bonds is 4. The van der Waals surface area contributed by atoms with Gasteiger partial charge in [0, 0.05) is 4.47 Å². The van der Waals surface area contributed by atoms with Gasteiger partial charge in [0.15, 0.2) is 5.69 Å². The summed E-state index contributed by atoms with van der Waals surface area (Å²) in [6.07, 6.45) is 1.49. The van der Waals surface area contributed by atoms with Crippen LogP contribution in [0.5, 0.6) is 0 Å². The fourth-order valence-corrected chi connectivity index (χ4v) is 3.41. The molecule has 0 spiro atoms. The standard InChI is InChI=1S/C18H18BrN3O3/c1-3-25-18(24)17-16(20-2)15(11-4-6-12(19)7-5-11)21-22(17)13-8-9-14(23)10-13/h4-7,13-14,23H,3,8-10H2,1H3. The first-order valence-electron chi connectivity index (χ1n) is 8.16. The average molecular weight is 404 g/mol. The molecule has 1 aromatic heterocycles. The molecule has 1 N–H and O–H groups in total. The van der Waals surface area contributed by atoms with E-state index in [4.69, 9.17) is 11.3 Å². The molecule has 0 amide bonds. The summed E-state index contributed by atoms with van der Waals surface area (Å²) in [4.78, 5) is 16.1. The Hall–Kier alpha value is -2.17. The largest absolute Gasteiger partial charge is 0.462 e. The summed E-state index contributed by atoms with van der Waals surface area (Å²) in [5.41, 5.74) is 1.60. The second kappa shape index (κ2) is 7.38. The molecule has 0 aliphatic heterocycles. The molecule has 2 aromatic rings. The molecule has 1 aliphatic carbocycles. The van der Waals surface area contributed by atoms with Crippen LogP contribution in [0.1, 0.15) is 42.7 Å². The van der Waals surface area contributed by atoms with Gasteiger partial charge < -0.3 is 9.84 Å². The number of ether oxygens (including phenoxy) is 1. The van der Waals surface area contributed by atoms with Gasteiger partial charge in [-0.1, -0.05) is 28.1 Å². The highest BCUT2D eigenvalue weighted by Gasteiger charge is 2.33. The van der Waals surface area contributed by atoms with Crippen molar-refractivity contribution in [2.45, 2.75) is 38.3 Å². The molecule has 0 radical (unpaired) electrons. The van der Waals surface area contributed by atoms with Gasteiger partial charge in [-0.25, -0.2) is 9.64 Å². The molecular formula is C18H18BrN3O3. The van der Waals surface area contributed by atoms with E-state index in [2.05, 4.69) is 25.9 Å². The first-order chi connectivity index (χ1) is 12.0. The van der Waals surface area contributed by atoms with Gasteiger partial charge in [-0.2, -0.15) is 5.10 Å². The molecule has 6 nitrogen and oxygen atoms in total. The Morgan fingerprint density at radius 2 is 2.16 bits per heavy atom. The van der Waals surface area contributed by atoms with Crippen molar-refractivity contribution in [3.8, 4) is 11.3 Å². The maximum absolute atomic E-state index is 12.5. The average Bonchev–Trinajstić information content (AvgIpc) is 3.19. The number of aromatic nitrogens is 2. The number of benzene rings is 1. The number of nitrogens with zero attached hydrogens (tertiary/aromatic N) is 3. The Labute approximate surface area is 154 Å². The molecule has 1 saturated carbocycles. The van der Waals surface area contributed by atoms with Crippen LogP contribution in [0, 0.1) is 6.57 Å². The third-order valence-corrected chi connectivity index (χ3v) is 4.84. The van der Waals surface area contributed by atoms with Gasteiger partial charge in [0.1, 0.15) is 0 Å². The number of hydrogen-bond donors (Lipinski definition) is 1. The van der Waals surface area contributed by atoms with Crippen molar-refractivity contribution in [3.63, 3.8) is 0 Å². The fraction of sp³-hybridized carbons (Fsp3) is 0.389. The summed E-state index contributed by atoms with van der Waals surface area (Å²) in [6.45, 7) is 9.52. The molecule has 0 bridgehead atoms. The van der Waals surface area contributed by atoms with Gasteiger partial charge >= 0.3 is 5.97 Å². The third-order valence-electron chi connectivity index (χ3n) is 4.31. The zero-order valence-corrected chi connectivity index (χ0v) is 15.4. The van der Waals surface area contributed by atoms with E-state index in [0.29, 0.717) is 25.0 Å². The second-order valence-electron chi connectivity index (χ2n) is 5.95. The Balaban J connectivity index is 2.14. The molecule has 7 heteroatoms. The minimum Gasteiger partial charge on any atom is -0.462 e. The van der Waals surface area contributed by atoms with Crippen molar-refractivity contribution in [1.29, 1.82) is 0 Å². The summed E-state index contributed by atoms with van der Waals surface area (Å²) in [5.74, 6) is -0.550. The normalized spacial score (nSPS) is 19.6. The van der Waals surface area contributed by atoms with Crippen LogP contribution in [0.25, 0.3) is 16.1 Å². The molecule has 3 rings (SSSR count). The van der Waals surface area contributed by atoms with Crippen LogP contribution >= 0.6 is 15.9 Å². The molecule has 1 aliphatic rings. The Morgan fingerprint density at radius 1 is 1.44 bits per heavy atom. The molecular weight excluding hydrogens is 386 g/mol. The molecule has 25 heavy (non-hydrogen) atoms. The van der Waals surface area contributed by atoms with Gasteiger partial charge in [0.25, 0.3) is 0 Å². The van der Waals surface area contributed by atoms with E-state index in [1.54, 1.807) is 11.6 Å². The van der Waals surface area contributed by atoms with Gasteiger partial charge in [-0.3, -0.25) is 4.68 Å². The summed E-state index contributed by atoms with van der Waals surface area (Å²) >= 11 is 3.39. The van der Waals surface area contributed by atoms with Crippen molar-refractivity contribution < 1.29 is 14.6 Å². The summed E-state index contributed by atoms with van der Waals surface area (Å²) in [5, 5.41) is 14.4. The van der Waals surface area contributed by atoms with E-state index in [9.17, 15) is 9.90 Å². The molecule has 130 valence electrons. The Morgan fingerprint density at radius 3 is 2.72 bits per heavy atom. The number of esters is 1. The van der Waals surface area contributed by atoms with Gasteiger partial charge in [0.05, 0.1) is 31.0 Å². The zero-order chi connectivity index (χ0) is 18.0. The lowest BCUT2D eigenvalue weighted by Gasteiger charge is -2.14. The zero-order valence-electron chi connectivity index (χ0n) is 13.8. The third kappa shape index (κ3) is 3.46. The van der Waals surface area contributed by atoms with E-state index in [1.807, 2.05) is 24.3 Å². The van der Waals surface area contributed by atoms with Crippen LogP contribution in [0.15, 0.2) is 28.7 Å². The number of hydrogen-bond acceptors (Lipinski definition) is 4. The lowest BCUT2D eigenvalue weighted by Crippen LogP contribution is -2.17. The lowest BCUT2D eigenvalue weighted by atomic mass is 10.1. The van der Waals surface area contributed by atoms with Crippen LogP contribution < -0.4 is 0 Å². The van der Waals surface area contributed by atoms with Gasteiger partial charge in [-0.05, 0) is 43.9 Å². The smallest absolute Gasteiger partial charge is 0.345 e. The first kappa shape index (κ1) is 17.6. The van der Waals surface area contributed by atoms with Crippen LogP contribution in [0.2, 0.25) is 0 Å². The van der Waals surface area contributed by atoms with Gasteiger partial charge in [0.2, 0.25) is 5.69 Å². The molecule has 2 unspecified atom stereocenters. The minimum absolute atomic E-state index is 0.112. The maximum atomic E-state index is 12.5. The minimum atomic E-state index is -0.550. The van der Waals surface area contributed by atoms with E-state index in [-0.39, 0.29) is 24.0 Å². The highest BCUT2D eigenvalue weighted by Crippen LogP contribution is 2.39. The number of aliphatic hydroxyl groups is 1. The van der Waals surface area contributed by atoms with E-state index >= 15 is 0 Å². The predicted octanol–water partition coefficient (Wildman–Crippen LogP) is 4.13. The number of carbonyl (C=O) groups is 1. The SMILES string of the molecule is [C-]#[N+]c1c(-c2ccc(Br)cc2)nn(C2CCC(O)C2)c1C(=O)OCC. The highest BCUT2D eigenvalue weighted by molar-refractivity contribution is 9.10. The molecule has 1 fully saturated rings. The summed E-state index contributed by atoms with van der Waals surface area (Å²) in [6, 6.07) is 7.32. The quantitative estimate of drug-likeness (QED) is 0.615. The predicted molar refractivity (Wildman–Crippen MR) is 96.5 cm³/mol. The van der Waals surface area contributed by atoms with Crippen molar-refractivity contribution in [1.82, 2.24) is 9.78 Å². The first-order valence-corrected chi connectivity index (χ1v) is 8.95. The number of halogens is 1. The molecule has 2 atom stereocenters. The van der Waals surface area contributed by atoms with Gasteiger partial charge in [-0.15, -0.1) is 0 Å². The highest BCUT2D eigenvalue weighted by atomic mass is 79.9. The van der Waals surface area contributed by atoms with E-state index in [0.717, 1.165) is 10.0 Å². The Kier molecular flexibility index (Phi) is 5.21. The number of carbonyl (C=O) groups excluding carboxylic acids is 1. The van der Waals surface area contributed by atoms with Crippen LogP contribution in [-0.2, 0) is 4.74 Å². The molecule has 1 aromatic carbocycles. The van der Waals surface area contributed by atoms with Crippen molar-refractivity contribution in [2.24, 2.45) is 0 Å². The lowest BCUT2D eigenvalue weighted by molar-refractivity contribution is 0.0509. The van der Waals surface area contributed by atoms with Crippen LogP contribution in [0.3, 0.4) is 0 Å². The monoisotopic (exact) mass is 403 g/mol. The molecule has 0 saturated heterocycles. The van der Waals surface area contributed by atoms with Crippen LogP contribution in [0.4, 0.5) is 5.69 Å². The Bertz CT molecular complexity index is 823. The van der Waals surface area contributed by atoms with Crippen LogP contribution in [-0.4, -0.2) is 33.6 Å². The van der Waals surface area contributed by atoms with Crippen molar-refractivity contribution >= 4 is 27.6 Å². The van der Waals surface area contributed by atoms with Crippen molar-refractivity contribution in [3.05, 3.63) is 45.8 Å². The fourth-order valence-electron chi connectivity index (χ4n) is 3.14. The van der Waals surface area contributed by atoms with Crippen molar-refractivity contribution in [2.75, 3.05) is 6.61 Å². The topological polar surface area (TPSA) is 68.7 Å². The number of aliphatic hydroxyl groups excluding tert-OH is 1. The second-order valence-corrected chi connectivity index (χ2v) is 6.87. The maximum Gasteiger partial charge on any atom is 0.345 e. The van der Waals surface area contributed by atoms with E-state index in [1.165, 1.54) is 0 Å². The summed E-state index contributed by atoms with van der Waals surface area (Å²) < 4.78 is 7.66. The van der Waals surface area contributed by atoms with E-state index < -0.39 is 12.1 Å². The molecule has 1 heterocycles. The summed E-state index contributed by atoms with van der Waals surface area (Å²) in [7, 11) is 0.